The standard InChI is InChI=1S/C19H24F3N3O3/c1-23(2)14-7-5-13(6-8-14)16-12-24(10-11-28-16)17(26)15-4-3-9-25(15)18(27)19(20,21)22/h5-8,15-16H,3-4,9-12H2,1-2H3. The number of carbonyl (C=O) groups excluding carboxylic acids is 2. The Morgan fingerprint density at radius 3 is 2.43 bits per heavy atom. The number of rotatable bonds is 3. The van der Waals surface area contributed by atoms with Crippen LogP contribution in [-0.4, -0.2) is 74.2 Å². The largest absolute Gasteiger partial charge is 0.471 e. The number of nitrogens with zero attached hydrogens (tertiary/aromatic N) is 3. The van der Waals surface area contributed by atoms with Crippen molar-refractivity contribution in [3.63, 3.8) is 0 Å². The van der Waals surface area contributed by atoms with Gasteiger partial charge in [-0.05, 0) is 30.5 Å². The van der Waals surface area contributed by atoms with Gasteiger partial charge in [-0.3, -0.25) is 9.59 Å². The van der Waals surface area contributed by atoms with Gasteiger partial charge in [-0.25, -0.2) is 0 Å². The van der Waals surface area contributed by atoms with Crippen LogP contribution in [0.4, 0.5) is 18.9 Å². The molecule has 3 rings (SSSR count). The molecular formula is C19H24F3N3O3. The third kappa shape index (κ3) is 4.24. The second kappa shape index (κ2) is 7.98. The van der Waals surface area contributed by atoms with Crippen LogP contribution in [0, 0.1) is 0 Å². The molecule has 0 aliphatic carbocycles. The summed E-state index contributed by atoms with van der Waals surface area (Å²) < 4.78 is 44.2. The van der Waals surface area contributed by atoms with E-state index in [1.807, 2.05) is 43.3 Å². The number of halogens is 3. The summed E-state index contributed by atoms with van der Waals surface area (Å²) in [5, 5.41) is 0. The van der Waals surface area contributed by atoms with E-state index in [1.165, 1.54) is 4.90 Å². The second-order valence-electron chi connectivity index (χ2n) is 7.28. The fourth-order valence-electron chi connectivity index (χ4n) is 3.68. The SMILES string of the molecule is CN(C)c1ccc(C2CN(C(=O)C3CCCN3C(=O)C(F)(F)F)CCO2)cc1. The van der Waals surface area contributed by atoms with Crippen molar-refractivity contribution in [3.05, 3.63) is 29.8 Å². The molecule has 28 heavy (non-hydrogen) atoms. The second-order valence-corrected chi connectivity index (χ2v) is 7.28. The molecule has 1 aromatic carbocycles. The fraction of sp³-hybridized carbons (Fsp3) is 0.579. The van der Waals surface area contributed by atoms with Crippen LogP contribution < -0.4 is 4.90 Å². The fourth-order valence-corrected chi connectivity index (χ4v) is 3.68. The Morgan fingerprint density at radius 2 is 1.82 bits per heavy atom. The molecule has 0 aromatic heterocycles. The first-order valence-electron chi connectivity index (χ1n) is 9.24. The lowest BCUT2D eigenvalue weighted by molar-refractivity contribution is -0.187. The van der Waals surface area contributed by atoms with Gasteiger partial charge in [-0.15, -0.1) is 0 Å². The summed E-state index contributed by atoms with van der Waals surface area (Å²) in [6, 6.07) is 6.68. The minimum Gasteiger partial charge on any atom is -0.378 e. The minimum atomic E-state index is -4.97. The van der Waals surface area contributed by atoms with Gasteiger partial charge in [0.25, 0.3) is 0 Å². The van der Waals surface area contributed by atoms with E-state index in [4.69, 9.17) is 4.74 Å². The molecule has 0 radical (unpaired) electrons. The van der Waals surface area contributed by atoms with Crippen molar-refractivity contribution < 1.29 is 27.5 Å². The summed E-state index contributed by atoms with van der Waals surface area (Å²) >= 11 is 0. The number of carbonyl (C=O) groups is 2. The van der Waals surface area contributed by atoms with Gasteiger partial charge in [0, 0.05) is 32.9 Å². The lowest BCUT2D eigenvalue weighted by Crippen LogP contribution is -2.53. The summed E-state index contributed by atoms with van der Waals surface area (Å²) in [6.45, 7) is 0.806. The molecule has 0 saturated carbocycles. The van der Waals surface area contributed by atoms with E-state index in [0.29, 0.717) is 24.5 Å². The van der Waals surface area contributed by atoms with E-state index in [1.54, 1.807) is 0 Å². The molecule has 6 nitrogen and oxygen atoms in total. The smallest absolute Gasteiger partial charge is 0.378 e. The Hall–Kier alpha value is -2.29. The van der Waals surface area contributed by atoms with Crippen LogP contribution in [0.15, 0.2) is 24.3 Å². The van der Waals surface area contributed by atoms with Crippen molar-refractivity contribution in [2.24, 2.45) is 0 Å². The highest BCUT2D eigenvalue weighted by molar-refractivity contribution is 5.90. The van der Waals surface area contributed by atoms with Crippen LogP contribution in [0.3, 0.4) is 0 Å². The number of benzene rings is 1. The molecular weight excluding hydrogens is 375 g/mol. The average Bonchev–Trinajstić information content (AvgIpc) is 3.15. The number of hydrogen-bond donors (Lipinski definition) is 0. The highest BCUT2D eigenvalue weighted by Gasteiger charge is 2.48. The van der Waals surface area contributed by atoms with Crippen LogP contribution in [0.2, 0.25) is 0 Å². The van der Waals surface area contributed by atoms with Gasteiger partial charge >= 0.3 is 12.1 Å². The first-order valence-corrected chi connectivity index (χ1v) is 9.24. The predicted molar refractivity (Wildman–Crippen MR) is 96.8 cm³/mol. The zero-order valence-electron chi connectivity index (χ0n) is 15.9. The maximum absolute atomic E-state index is 12.9. The summed E-state index contributed by atoms with van der Waals surface area (Å²) in [4.78, 5) is 28.6. The van der Waals surface area contributed by atoms with Crippen LogP contribution in [-0.2, 0) is 14.3 Å². The monoisotopic (exact) mass is 399 g/mol. The Kier molecular flexibility index (Phi) is 5.83. The molecule has 2 aliphatic heterocycles. The van der Waals surface area contributed by atoms with Crippen molar-refractivity contribution >= 4 is 17.5 Å². The average molecular weight is 399 g/mol. The van der Waals surface area contributed by atoms with Gasteiger partial charge in [-0.1, -0.05) is 12.1 Å². The van der Waals surface area contributed by atoms with Gasteiger partial charge < -0.3 is 19.4 Å². The van der Waals surface area contributed by atoms with Crippen molar-refractivity contribution in [3.8, 4) is 0 Å². The first kappa shape index (κ1) is 20.4. The first-order chi connectivity index (χ1) is 13.2. The number of morpholine rings is 1. The maximum Gasteiger partial charge on any atom is 0.471 e. The highest BCUT2D eigenvalue weighted by Crippen LogP contribution is 2.29. The number of ether oxygens (including phenoxy) is 1. The number of alkyl halides is 3. The molecule has 2 saturated heterocycles. The van der Waals surface area contributed by atoms with Crippen molar-refractivity contribution in [2.45, 2.75) is 31.2 Å². The zero-order valence-corrected chi connectivity index (χ0v) is 15.9. The normalized spacial score (nSPS) is 23.0. The van der Waals surface area contributed by atoms with E-state index in [9.17, 15) is 22.8 Å². The van der Waals surface area contributed by atoms with E-state index in [0.717, 1.165) is 11.3 Å². The number of hydrogen-bond acceptors (Lipinski definition) is 4. The summed E-state index contributed by atoms with van der Waals surface area (Å²) in [6.07, 6.45) is -4.68. The molecule has 154 valence electrons. The summed E-state index contributed by atoms with van der Waals surface area (Å²) in [5.41, 5.74) is 1.93. The van der Waals surface area contributed by atoms with Crippen LogP contribution in [0.25, 0.3) is 0 Å². The third-order valence-electron chi connectivity index (χ3n) is 5.20. The quantitative estimate of drug-likeness (QED) is 0.782. The molecule has 0 bridgehead atoms. The van der Waals surface area contributed by atoms with Crippen LogP contribution in [0.5, 0.6) is 0 Å². The van der Waals surface area contributed by atoms with Gasteiger partial charge in [-0.2, -0.15) is 13.2 Å². The van der Waals surface area contributed by atoms with E-state index < -0.39 is 24.0 Å². The lowest BCUT2D eigenvalue weighted by Gasteiger charge is -2.36. The molecule has 2 fully saturated rings. The maximum atomic E-state index is 12.9. The molecule has 2 heterocycles. The van der Waals surface area contributed by atoms with Crippen molar-refractivity contribution in [2.75, 3.05) is 45.2 Å². The van der Waals surface area contributed by atoms with E-state index in [2.05, 4.69) is 0 Å². The topological polar surface area (TPSA) is 53.1 Å². The molecule has 9 heteroatoms. The van der Waals surface area contributed by atoms with E-state index in [-0.39, 0.29) is 25.6 Å². The molecule has 2 amide bonds. The molecule has 2 aliphatic rings. The van der Waals surface area contributed by atoms with Crippen molar-refractivity contribution in [1.29, 1.82) is 0 Å². The molecule has 1 aromatic rings. The minimum absolute atomic E-state index is 0.0471. The third-order valence-corrected chi connectivity index (χ3v) is 5.20. The Balaban J connectivity index is 1.69. The highest BCUT2D eigenvalue weighted by atomic mass is 19.4. The van der Waals surface area contributed by atoms with Gasteiger partial charge in [0.05, 0.1) is 13.2 Å². The molecule has 0 N–H and O–H groups in total. The van der Waals surface area contributed by atoms with Gasteiger partial charge in [0.1, 0.15) is 12.1 Å². The Morgan fingerprint density at radius 1 is 1.14 bits per heavy atom. The van der Waals surface area contributed by atoms with Crippen molar-refractivity contribution in [1.82, 2.24) is 9.80 Å². The lowest BCUT2D eigenvalue weighted by atomic mass is 10.1. The van der Waals surface area contributed by atoms with Crippen LogP contribution in [0.1, 0.15) is 24.5 Å². The summed E-state index contributed by atoms with van der Waals surface area (Å²) in [5.74, 6) is -2.37. The van der Waals surface area contributed by atoms with Gasteiger partial charge in [0.2, 0.25) is 5.91 Å². The van der Waals surface area contributed by atoms with Gasteiger partial charge in [0.15, 0.2) is 0 Å². The molecule has 0 spiro atoms. The predicted octanol–water partition coefficient (Wildman–Crippen LogP) is 2.21. The molecule has 2 unspecified atom stereocenters. The zero-order chi connectivity index (χ0) is 20.5. The number of amides is 2. The Bertz CT molecular complexity index is 721. The number of likely N-dealkylation sites (tertiary alicyclic amines) is 1. The van der Waals surface area contributed by atoms with E-state index >= 15 is 0 Å². The molecule has 2 atom stereocenters. The number of anilines is 1. The van der Waals surface area contributed by atoms with Crippen LogP contribution >= 0.6 is 0 Å². The Labute approximate surface area is 161 Å². The summed E-state index contributed by atoms with van der Waals surface area (Å²) in [7, 11) is 3.87.